The summed E-state index contributed by atoms with van der Waals surface area (Å²) >= 11 is 3.02. The smallest absolute Gasteiger partial charge is 0.265 e. The molecule has 0 bridgehead atoms. The Hall–Kier alpha value is -1.28. The van der Waals surface area contributed by atoms with Crippen molar-refractivity contribution in [2.24, 2.45) is 0 Å². The number of nitriles is 1. The molecule has 15 heavy (non-hydrogen) atoms. The zero-order chi connectivity index (χ0) is 11.6. The largest absolute Gasteiger partial charge is 0.294 e. The lowest BCUT2D eigenvalue weighted by Gasteiger charge is -2.06. The van der Waals surface area contributed by atoms with Crippen molar-refractivity contribution >= 4 is 21.7 Å². The monoisotopic (exact) mass is 273 g/mol. The molecule has 0 spiro atoms. The maximum absolute atomic E-state index is 12.5. The maximum atomic E-state index is 12.5. The third-order valence-electron chi connectivity index (χ3n) is 1.87. The Morgan fingerprint density at radius 2 is 2.13 bits per heavy atom. The highest BCUT2D eigenvalue weighted by atomic mass is 79.9. The van der Waals surface area contributed by atoms with Gasteiger partial charge in [0.05, 0.1) is 11.6 Å². The minimum atomic E-state index is -2.73. The summed E-state index contributed by atoms with van der Waals surface area (Å²) in [5, 5.41) is 8.65. The average Bonchev–Trinajstić information content (AvgIpc) is 2.16. The van der Waals surface area contributed by atoms with E-state index < -0.39 is 6.43 Å². The molecule has 0 atom stereocenters. The van der Waals surface area contributed by atoms with Crippen LogP contribution < -0.4 is 0 Å². The highest BCUT2D eigenvalue weighted by Gasteiger charge is 2.17. The van der Waals surface area contributed by atoms with Gasteiger partial charge in [0.15, 0.2) is 5.78 Å². The Kier molecular flexibility index (Phi) is 3.53. The zero-order valence-electron chi connectivity index (χ0n) is 7.72. The van der Waals surface area contributed by atoms with Crippen molar-refractivity contribution in [3.8, 4) is 6.07 Å². The second kappa shape index (κ2) is 4.49. The minimum Gasteiger partial charge on any atom is -0.294 e. The van der Waals surface area contributed by atoms with E-state index in [4.69, 9.17) is 5.26 Å². The fourth-order valence-electron chi connectivity index (χ4n) is 1.14. The molecule has 0 saturated carbocycles. The summed E-state index contributed by atoms with van der Waals surface area (Å²) in [6, 6.07) is 3.93. The van der Waals surface area contributed by atoms with Crippen LogP contribution in [0.25, 0.3) is 0 Å². The van der Waals surface area contributed by atoms with E-state index in [1.807, 2.05) is 0 Å². The van der Waals surface area contributed by atoms with E-state index in [1.54, 1.807) is 6.07 Å². The Morgan fingerprint density at radius 3 is 2.53 bits per heavy atom. The number of hydrogen-bond acceptors (Lipinski definition) is 2. The minimum absolute atomic E-state index is 0.168. The maximum Gasteiger partial charge on any atom is 0.265 e. The Morgan fingerprint density at radius 1 is 1.53 bits per heavy atom. The lowest BCUT2D eigenvalue weighted by Crippen LogP contribution is -1.99. The number of alkyl halides is 2. The number of benzene rings is 1. The summed E-state index contributed by atoms with van der Waals surface area (Å²) in [6.45, 7) is 1.31. The van der Waals surface area contributed by atoms with Crippen molar-refractivity contribution in [3.63, 3.8) is 0 Å². The summed E-state index contributed by atoms with van der Waals surface area (Å²) in [7, 11) is 0. The molecule has 2 nitrogen and oxygen atoms in total. The molecule has 0 aromatic heterocycles. The van der Waals surface area contributed by atoms with E-state index in [-0.39, 0.29) is 26.9 Å². The molecule has 0 N–H and O–H groups in total. The van der Waals surface area contributed by atoms with Gasteiger partial charge in [-0.05, 0) is 19.1 Å². The fraction of sp³-hybridized carbons (Fsp3) is 0.200. The first-order valence-electron chi connectivity index (χ1n) is 4.00. The van der Waals surface area contributed by atoms with Crippen LogP contribution in [0.15, 0.2) is 16.6 Å². The van der Waals surface area contributed by atoms with Crippen LogP contribution in [-0.4, -0.2) is 5.78 Å². The van der Waals surface area contributed by atoms with Crippen LogP contribution in [0.3, 0.4) is 0 Å². The predicted molar refractivity (Wildman–Crippen MR) is 53.8 cm³/mol. The van der Waals surface area contributed by atoms with Crippen LogP contribution in [0.4, 0.5) is 8.78 Å². The van der Waals surface area contributed by atoms with Gasteiger partial charge in [-0.25, -0.2) is 8.78 Å². The van der Waals surface area contributed by atoms with Crippen LogP contribution in [-0.2, 0) is 0 Å². The lowest BCUT2D eigenvalue weighted by atomic mass is 10.0. The molecule has 0 aliphatic rings. The lowest BCUT2D eigenvalue weighted by molar-refractivity contribution is 0.101. The van der Waals surface area contributed by atoms with Crippen LogP contribution in [0.1, 0.15) is 34.8 Å². The van der Waals surface area contributed by atoms with Crippen molar-refractivity contribution in [2.45, 2.75) is 13.3 Å². The summed E-state index contributed by atoms with van der Waals surface area (Å²) in [6.07, 6.45) is -2.73. The van der Waals surface area contributed by atoms with Gasteiger partial charge in [-0.15, -0.1) is 0 Å². The molecule has 0 unspecified atom stereocenters. The molecule has 5 heteroatoms. The number of halogens is 3. The zero-order valence-corrected chi connectivity index (χ0v) is 9.31. The van der Waals surface area contributed by atoms with Gasteiger partial charge in [-0.3, -0.25) is 4.79 Å². The summed E-state index contributed by atoms with van der Waals surface area (Å²) in [5.41, 5.74) is -0.302. The summed E-state index contributed by atoms with van der Waals surface area (Å²) in [4.78, 5) is 11.1. The molecule has 0 fully saturated rings. The summed E-state index contributed by atoms with van der Waals surface area (Å²) in [5.74, 6) is -0.279. The van der Waals surface area contributed by atoms with Gasteiger partial charge in [0.1, 0.15) is 0 Å². The first kappa shape index (κ1) is 11.8. The third kappa shape index (κ3) is 2.39. The van der Waals surface area contributed by atoms with Crippen LogP contribution in [0, 0.1) is 11.3 Å². The molecule has 78 valence electrons. The summed E-state index contributed by atoms with van der Waals surface area (Å²) < 4.78 is 25.2. The second-order valence-corrected chi connectivity index (χ2v) is 3.74. The Labute approximate surface area is 93.6 Å². The Bertz CT molecular complexity index is 451. The van der Waals surface area contributed by atoms with Crippen LogP contribution in [0.5, 0.6) is 0 Å². The van der Waals surface area contributed by atoms with Crippen LogP contribution in [0.2, 0.25) is 0 Å². The van der Waals surface area contributed by atoms with Crippen LogP contribution >= 0.6 is 15.9 Å². The van der Waals surface area contributed by atoms with Gasteiger partial charge in [0, 0.05) is 15.6 Å². The quantitative estimate of drug-likeness (QED) is 0.775. The Balaban J connectivity index is 3.44. The van der Waals surface area contributed by atoms with Gasteiger partial charge in [0.2, 0.25) is 0 Å². The van der Waals surface area contributed by atoms with Crippen molar-refractivity contribution < 1.29 is 13.6 Å². The van der Waals surface area contributed by atoms with Gasteiger partial charge in [0.25, 0.3) is 6.43 Å². The van der Waals surface area contributed by atoms with E-state index in [2.05, 4.69) is 15.9 Å². The van der Waals surface area contributed by atoms with E-state index in [0.29, 0.717) is 0 Å². The first-order valence-corrected chi connectivity index (χ1v) is 4.79. The number of nitrogens with zero attached hydrogens (tertiary/aromatic N) is 1. The van der Waals surface area contributed by atoms with Gasteiger partial charge < -0.3 is 0 Å². The molecule has 1 aromatic carbocycles. The third-order valence-corrected chi connectivity index (χ3v) is 2.53. The molecule has 0 saturated heterocycles. The van der Waals surface area contributed by atoms with E-state index in [9.17, 15) is 13.6 Å². The molecule has 0 aliphatic heterocycles. The molecule has 1 rings (SSSR count). The number of hydrogen-bond donors (Lipinski definition) is 0. The van der Waals surface area contributed by atoms with E-state index >= 15 is 0 Å². The standard InChI is InChI=1S/C10H6BrF2NO/c1-5(15)7-2-6(4-14)8(10(12)13)3-9(7)11/h2-3,10H,1H3. The van der Waals surface area contributed by atoms with Gasteiger partial charge in [-0.2, -0.15) is 5.26 Å². The molecular weight excluding hydrogens is 268 g/mol. The van der Waals surface area contributed by atoms with E-state index in [0.717, 1.165) is 6.07 Å². The van der Waals surface area contributed by atoms with Gasteiger partial charge in [-0.1, -0.05) is 15.9 Å². The molecular formula is C10H6BrF2NO. The van der Waals surface area contributed by atoms with Gasteiger partial charge >= 0.3 is 0 Å². The normalized spacial score (nSPS) is 10.1. The molecule has 0 radical (unpaired) electrons. The number of ketones is 1. The highest BCUT2D eigenvalue weighted by molar-refractivity contribution is 9.10. The van der Waals surface area contributed by atoms with Crippen molar-refractivity contribution in [2.75, 3.05) is 0 Å². The van der Waals surface area contributed by atoms with Crippen molar-refractivity contribution in [1.82, 2.24) is 0 Å². The molecule has 0 amide bonds. The number of carbonyl (C=O) groups excluding carboxylic acids is 1. The number of carbonyl (C=O) groups is 1. The van der Waals surface area contributed by atoms with Crippen molar-refractivity contribution in [1.29, 1.82) is 5.26 Å². The number of rotatable bonds is 2. The molecule has 1 aromatic rings. The predicted octanol–water partition coefficient (Wildman–Crippen LogP) is 3.46. The van der Waals surface area contributed by atoms with Crippen molar-refractivity contribution in [3.05, 3.63) is 33.3 Å². The molecule has 0 heterocycles. The number of Topliss-reactive ketones (excluding diaryl/α,β-unsaturated/α-hetero) is 1. The SMILES string of the molecule is CC(=O)c1cc(C#N)c(C(F)F)cc1Br. The topological polar surface area (TPSA) is 40.9 Å². The highest BCUT2D eigenvalue weighted by Crippen LogP contribution is 2.29. The molecule has 0 aliphatic carbocycles. The second-order valence-electron chi connectivity index (χ2n) is 2.89. The average molecular weight is 274 g/mol. The fourth-order valence-corrected chi connectivity index (χ4v) is 1.78. The van der Waals surface area contributed by atoms with E-state index in [1.165, 1.54) is 13.0 Å². The first-order chi connectivity index (χ1) is 6.97.